The molecule has 130 valence electrons. The summed E-state index contributed by atoms with van der Waals surface area (Å²) in [5, 5.41) is 10.8. The maximum atomic E-state index is 12.2. The summed E-state index contributed by atoms with van der Waals surface area (Å²) in [6.45, 7) is 0. The summed E-state index contributed by atoms with van der Waals surface area (Å²) in [6, 6.07) is 20.9. The van der Waals surface area contributed by atoms with Gasteiger partial charge in [-0.15, -0.1) is 0 Å². The van der Waals surface area contributed by atoms with Gasteiger partial charge in [-0.25, -0.2) is 9.78 Å². The quantitative estimate of drug-likeness (QED) is 0.551. The van der Waals surface area contributed by atoms with Gasteiger partial charge in [0.15, 0.2) is 0 Å². The Labute approximate surface area is 156 Å². The fraction of sp³-hybridized carbons (Fsp3) is 0. The molecule has 0 unspecified atom stereocenters. The zero-order valence-corrected chi connectivity index (χ0v) is 14.4. The number of nitrogens with zero attached hydrogens (tertiary/aromatic N) is 2. The maximum absolute atomic E-state index is 12.2. The number of rotatable bonds is 4. The highest BCUT2D eigenvalue weighted by Crippen LogP contribution is 2.33. The summed E-state index contributed by atoms with van der Waals surface area (Å²) in [5.41, 5.74) is 3.78. The van der Waals surface area contributed by atoms with Gasteiger partial charge in [0.2, 0.25) is 0 Å². The number of aromatic nitrogens is 2. The molecule has 0 saturated heterocycles. The van der Waals surface area contributed by atoms with Gasteiger partial charge in [0, 0.05) is 23.3 Å². The third-order valence-electron chi connectivity index (χ3n) is 4.31. The Kier molecular flexibility index (Phi) is 4.45. The molecule has 0 bridgehead atoms. The Morgan fingerprint density at radius 1 is 0.889 bits per heavy atom. The van der Waals surface area contributed by atoms with Gasteiger partial charge in [-0.3, -0.25) is 4.98 Å². The van der Waals surface area contributed by atoms with Gasteiger partial charge in [-0.05, 0) is 29.3 Å². The summed E-state index contributed by atoms with van der Waals surface area (Å²) < 4.78 is 0. The lowest BCUT2D eigenvalue weighted by atomic mass is 9.94. The third-order valence-corrected chi connectivity index (χ3v) is 4.31. The Hall–Kier alpha value is -3.79. The summed E-state index contributed by atoms with van der Waals surface area (Å²) in [5.74, 6) is -1.00. The topological polar surface area (TPSA) is 63.1 Å². The van der Waals surface area contributed by atoms with Crippen LogP contribution in [-0.2, 0) is 0 Å². The highest BCUT2D eigenvalue weighted by molar-refractivity contribution is 6.09. The second kappa shape index (κ2) is 7.22. The minimum Gasteiger partial charge on any atom is -0.478 e. The molecule has 0 aliphatic rings. The van der Waals surface area contributed by atoms with Crippen LogP contribution in [0.1, 0.15) is 21.6 Å². The smallest absolute Gasteiger partial charge is 0.338 e. The molecule has 4 heteroatoms. The van der Waals surface area contributed by atoms with E-state index in [0.717, 1.165) is 22.0 Å². The van der Waals surface area contributed by atoms with Crippen molar-refractivity contribution in [1.29, 1.82) is 0 Å². The molecule has 4 rings (SSSR count). The number of benzene rings is 2. The number of hydrogen-bond donors (Lipinski definition) is 1. The van der Waals surface area contributed by atoms with Crippen molar-refractivity contribution in [1.82, 2.24) is 9.97 Å². The number of para-hydroxylation sites is 1. The van der Waals surface area contributed by atoms with E-state index < -0.39 is 5.97 Å². The molecule has 0 saturated carbocycles. The summed E-state index contributed by atoms with van der Waals surface area (Å²) in [7, 11) is 0. The van der Waals surface area contributed by atoms with Crippen LogP contribution in [0.5, 0.6) is 0 Å². The van der Waals surface area contributed by atoms with E-state index in [2.05, 4.69) is 9.97 Å². The van der Waals surface area contributed by atoms with Crippen molar-refractivity contribution in [2.45, 2.75) is 0 Å². The highest BCUT2D eigenvalue weighted by atomic mass is 16.4. The van der Waals surface area contributed by atoms with E-state index in [1.54, 1.807) is 18.5 Å². The molecule has 0 amide bonds. The molecule has 4 aromatic rings. The van der Waals surface area contributed by atoms with Crippen molar-refractivity contribution < 1.29 is 9.90 Å². The van der Waals surface area contributed by atoms with Crippen LogP contribution in [0, 0.1) is 0 Å². The van der Waals surface area contributed by atoms with Crippen molar-refractivity contribution in [3.63, 3.8) is 0 Å². The molecule has 2 aromatic carbocycles. The lowest BCUT2D eigenvalue weighted by Crippen LogP contribution is -2.06. The van der Waals surface area contributed by atoms with Crippen molar-refractivity contribution in [3.8, 4) is 11.1 Å². The Morgan fingerprint density at radius 2 is 1.67 bits per heavy atom. The lowest BCUT2D eigenvalue weighted by Gasteiger charge is -2.13. The van der Waals surface area contributed by atoms with Gasteiger partial charge in [-0.2, -0.15) is 0 Å². The van der Waals surface area contributed by atoms with E-state index in [4.69, 9.17) is 0 Å². The van der Waals surface area contributed by atoms with Crippen LogP contribution in [-0.4, -0.2) is 21.0 Å². The fourth-order valence-corrected chi connectivity index (χ4v) is 3.12. The van der Waals surface area contributed by atoms with Crippen molar-refractivity contribution in [2.24, 2.45) is 0 Å². The first-order valence-corrected chi connectivity index (χ1v) is 8.53. The van der Waals surface area contributed by atoms with Crippen LogP contribution in [0.15, 0.2) is 79.1 Å². The van der Waals surface area contributed by atoms with Gasteiger partial charge >= 0.3 is 5.97 Å². The van der Waals surface area contributed by atoms with E-state index in [9.17, 15) is 9.90 Å². The van der Waals surface area contributed by atoms with E-state index in [1.807, 2.05) is 72.8 Å². The normalized spacial score (nSPS) is 11.1. The zero-order chi connectivity index (χ0) is 18.6. The summed E-state index contributed by atoms with van der Waals surface area (Å²) >= 11 is 0. The van der Waals surface area contributed by atoms with Crippen molar-refractivity contribution >= 4 is 29.0 Å². The molecule has 0 radical (unpaired) electrons. The molecule has 0 atom stereocenters. The van der Waals surface area contributed by atoms with E-state index >= 15 is 0 Å². The van der Waals surface area contributed by atoms with Gasteiger partial charge in [0.25, 0.3) is 0 Å². The number of hydrogen-bond acceptors (Lipinski definition) is 3. The van der Waals surface area contributed by atoms with Crippen LogP contribution < -0.4 is 0 Å². The first-order chi connectivity index (χ1) is 13.2. The van der Waals surface area contributed by atoms with Crippen molar-refractivity contribution in [3.05, 3.63) is 95.9 Å². The monoisotopic (exact) mass is 352 g/mol. The second-order valence-electron chi connectivity index (χ2n) is 6.06. The average molecular weight is 352 g/mol. The Balaban J connectivity index is 2.00. The number of carboxylic acids is 1. The van der Waals surface area contributed by atoms with Gasteiger partial charge in [-0.1, -0.05) is 60.7 Å². The minimum atomic E-state index is -1.00. The largest absolute Gasteiger partial charge is 0.478 e. The molecule has 0 aliphatic heterocycles. The number of aromatic carboxylic acids is 1. The van der Waals surface area contributed by atoms with E-state index in [-0.39, 0.29) is 5.56 Å². The number of carboxylic acid groups (broad SMARTS) is 1. The molecule has 2 heterocycles. The van der Waals surface area contributed by atoms with Crippen LogP contribution in [0.25, 0.3) is 34.2 Å². The molecule has 2 aromatic heterocycles. The van der Waals surface area contributed by atoms with E-state index in [1.165, 1.54) is 0 Å². The number of fused-ring (bicyclic) bond motifs is 1. The lowest BCUT2D eigenvalue weighted by molar-refractivity contribution is 0.0697. The van der Waals surface area contributed by atoms with Gasteiger partial charge in [0.1, 0.15) is 0 Å². The second-order valence-corrected chi connectivity index (χ2v) is 6.06. The first-order valence-electron chi connectivity index (χ1n) is 8.53. The molecule has 4 nitrogen and oxygen atoms in total. The Bertz CT molecular complexity index is 1140. The van der Waals surface area contributed by atoms with Crippen LogP contribution in [0.2, 0.25) is 0 Å². The van der Waals surface area contributed by atoms with Gasteiger partial charge < -0.3 is 5.11 Å². The highest BCUT2D eigenvalue weighted by Gasteiger charge is 2.20. The standard InChI is InChI=1S/C23H16N2O2/c26-23(27)22-20(13-12-16-7-6-14-24-15-16)25-19-11-5-4-10-18(19)21(22)17-8-2-1-3-9-17/h1-15H,(H,26,27). The third kappa shape index (κ3) is 3.33. The summed E-state index contributed by atoms with van der Waals surface area (Å²) in [6.07, 6.45) is 6.97. The molecule has 0 spiro atoms. The van der Waals surface area contributed by atoms with E-state index in [0.29, 0.717) is 11.3 Å². The molecular formula is C23H16N2O2. The van der Waals surface area contributed by atoms with Crippen LogP contribution in [0.3, 0.4) is 0 Å². The Morgan fingerprint density at radius 3 is 2.41 bits per heavy atom. The molecule has 27 heavy (non-hydrogen) atoms. The first kappa shape index (κ1) is 16.7. The van der Waals surface area contributed by atoms with Crippen LogP contribution in [0.4, 0.5) is 0 Å². The molecule has 0 fully saturated rings. The fourth-order valence-electron chi connectivity index (χ4n) is 3.12. The molecule has 0 aliphatic carbocycles. The van der Waals surface area contributed by atoms with Crippen molar-refractivity contribution in [2.75, 3.05) is 0 Å². The predicted octanol–water partition coefficient (Wildman–Crippen LogP) is 5.17. The molecule has 1 N–H and O–H groups in total. The zero-order valence-electron chi connectivity index (χ0n) is 14.4. The van der Waals surface area contributed by atoms with Crippen LogP contribution >= 0.6 is 0 Å². The maximum Gasteiger partial charge on any atom is 0.338 e. The van der Waals surface area contributed by atoms with Gasteiger partial charge in [0.05, 0.1) is 16.8 Å². The SMILES string of the molecule is O=C(O)c1c(C=Cc2cccnc2)nc2ccccc2c1-c1ccccc1. The minimum absolute atomic E-state index is 0.194. The summed E-state index contributed by atoms with van der Waals surface area (Å²) in [4.78, 5) is 20.9. The average Bonchev–Trinajstić information content (AvgIpc) is 2.72. The number of carbonyl (C=O) groups is 1. The number of pyridine rings is 2. The molecular weight excluding hydrogens is 336 g/mol. The predicted molar refractivity (Wildman–Crippen MR) is 107 cm³/mol.